The van der Waals surface area contributed by atoms with Gasteiger partial charge in [0.25, 0.3) is 0 Å². The number of hydrogen-bond donors (Lipinski definition) is 2. The second-order valence-electron chi connectivity index (χ2n) is 4.60. The molecule has 1 unspecified atom stereocenters. The molecule has 19 heavy (non-hydrogen) atoms. The molecule has 1 aromatic heterocycles. The molecule has 1 aromatic rings. The quantitative estimate of drug-likeness (QED) is 0.872. The second-order valence-corrected chi connectivity index (χ2v) is 5.45. The molecule has 1 saturated heterocycles. The maximum atomic E-state index is 12.1. The fraction of sp³-hybridized carbons (Fsp3) is 0.538. The molecule has 0 spiro atoms. The molecular weight excluding hydrogens is 308 g/mol. The third kappa shape index (κ3) is 3.25. The number of rotatable bonds is 3. The summed E-state index contributed by atoms with van der Waals surface area (Å²) in [4.78, 5) is 18.6. The molecule has 2 heterocycles. The molecule has 0 saturated carbocycles. The van der Waals surface area contributed by atoms with E-state index in [1.807, 2.05) is 19.9 Å². The summed E-state index contributed by atoms with van der Waals surface area (Å²) in [6.45, 7) is 6.92. The van der Waals surface area contributed by atoms with Crippen LogP contribution in [0.1, 0.15) is 12.5 Å². The molecule has 1 aliphatic rings. The number of carbonyl (C=O) groups is 1. The number of halogens is 1. The van der Waals surface area contributed by atoms with Crippen molar-refractivity contribution in [3.05, 3.63) is 22.3 Å². The van der Waals surface area contributed by atoms with E-state index in [2.05, 4.69) is 36.4 Å². The number of piperazine rings is 1. The fourth-order valence-corrected chi connectivity index (χ4v) is 2.40. The minimum atomic E-state index is -0.193. The number of nitrogens with one attached hydrogen (secondary N) is 2. The van der Waals surface area contributed by atoms with Gasteiger partial charge in [-0.15, -0.1) is 0 Å². The maximum absolute atomic E-state index is 12.1. The van der Waals surface area contributed by atoms with Gasteiger partial charge in [0.1, 0.15) is 11.9 Å². The summed E-state index contributed by atoms with van der Waals surface area (Å²) in [7, 11) is 0. The third-order valence-corrected chi connectivity index (χ3v) is 4.05. The van der Waals surface area contributed by atoms with Gasteiger partial charge in [-0.05, 0) is 41.4 Å². The van der Waals surface area contributed by atoms with E-state index < -0.39 is 0 Å². The highest BCUT2D eigenvalue weighted by molar-refractivity contribution is 9.10. The standard InChI is InChI=1S/C13H19BrN4O/c1-3-16-13(19)11-8-15-4-5-18(11)12-6-9(2)10(14)7-17-12/h6-7,11,15H,3-5,8H2,1-2H3,(H,16,19). The molecule has 6 heteroatoms. The van der Waals surface area contributed by atoms with Crippen molar-refractivity contribution in [3.63, 3.8) is 0 Å². The summed E-state index contributed by atoms with van der Waals surface area (Å²) in [5.74, 6) is 0.913. The van der Waals surface area contributed by atoms with Gasteiger partial charge in [0.15, 0.2) is 0 Å². The van der Waals surface area contributed by atoms with E-state index >= 15 is 0 Å². The van der Waals surface area contributed by atoms with Gasteiger partial charge in [0.05, 0.1) is 0 Å². The van der Waals surface area contributed by atoms with E-state index in [1.165, 1.54) is 0 Å². The highest BCUT2D eigenvalue weighted by atomic mass is 79.9. The van der Waals surface area contributed by atoms with Gasteiger partial charge in [-0.1, -0.05) is 0 Å². The normalized spacial score (nSPS) is 19.3. The zero-order valence-electron chi connectivity index (χ0n) is 11.2. The van der Waals surface area contributed by atoms with Crippen molar-refractivity contribution in [2.45, 2.75) is 19.9 Å². The molecule has 1 fully saturated rings. The molecule has 0 bridgehead atoms. The Labute approximate surface area is 121 Å². The Kier molecular flexibility index (Phi) is 4.76. The van der Waals surface area contributed by atoms with Crippen LogP contribution in [0, 0.1) is 6.92 Å². The first-order valence-electron chi connectivity index (χ1n) is 6.50. The Hall–Kier alpha value is -1.14. The van der Waals surface area contributed by atoms with Crippen molar-refractivity contribution < 1.29 is 4.79 Å². The number of aryl methyl sites for hydroxylation is 1. The van der Waals surface area contributed by atoms with Gasteiger partial charge in [0, 0.05) is 36.8 Å². The monoisotopic (exact) mass is 326 g/mol. The predicted octanol–water partition coefficient (Wildman–Crippen LogP) is 1.07. The average molecular weight is 327 g/mol. The summed E-state index contributed by atoms with van der Waals surface area (Å²) < 4.78 is 0.987. The van der Waals surface area contributed by atoms with Crippen LogP contribution in [0.25, 0.3) is 0 Å². The van der Waals surface area contributed by atoms with E-state index in [9.17, 15) is 4.79 Å². The molecule has 1 aliphatic heterocycles. The molecule has 1 amide bonds. The summed E-state index contributed by atoms with van der Waals surface area (Å²) >= 11 is 3.45. The first-order valence-corrected chi connectivity index (χ1v) is 7.30. The lowest BCUT2D eigenvalue weighted by atomic mass is 10.1. The average Bonchev–Trinajstić information content (AvgIpc) is 2.42. The lowest BCUT2D eigenvalue weighted by Crippen LogP contribution is -2.58. The van der Waals surface area contributed by atoms with Crippen LogP contribution in [0.5, 0.6) is 0 Å². The molecule has 0 aliphatic carbocycles. The van der Waals surface area contributed by atoms with Crippen molar-refractivity contribution in [1.29, 1.82) is 0 Å². The van der Waals surface area contributed by atoms with Gasteiger partial charge in [0.2, 0.25) is 5.91 Å². The zero-order valence-corrected chi connectivity index (χ0v) is 12.8. The summed E-state index contributed by atoms with van der Waals surface area (Å²) in [6, 6.07) is 1.82. The topological polar surface area (TPSA) is 57.3 Å². The van der Waals surface area contributed by atoms with Crippen LogP contribution in [0.15, 0.2) is 16.7 Å². The maximum Gasteiger partial charge on any atom is 0.244 e. The van der Waals surface area contributed by atoms with Crippen LogP contribution >= 0.6 is 15.9 Å². The molecule has 2 N–H and O–H groups in total. The number of nitrogens with zero attached hydrogens (tertiary/aromatic N) is 2. The van der Waals surface area contributed by atoms with Gasteiger partial charge in [-0.2, -0.15) is 0 Å². The van der Waals surface area contributed by atoms with Gasteiger partial charge in [-0.25, -0.2) is 4.98 Å². The van der Waals surface area contributed by atoms with Crippen LogP contribution in [-0.2, 0) is 4.79 Å². The van der Waals surface area contributed by atoms with E-state index in [0.717, 1.165) is 28.9 Å². The van der Waals surface area contributed by atoms with Crippen molar-refractivity contribution in [3.8, 4) is 0 Å². The van der Waals surface area contributed by atoms with E-state index in [1.54, 1.807) is 6.20 Å². The Balaban J connectivity index is 2.23. The van der Waals surface area contributed by atoms with Crippen LogP contribution in [0.2, 0.25) is 0 Å². The summed E-state index contributed by atoms with van der Waals surface area (Å²) in [6.07, 6.45) is 1.79. The van der Waals surface area contributed by atoms with E-state index in [4.69, 9.17) is 0 Å². The molecule has 5 nitrogen and oxygen atoms in total. The highest BCUT2D eigenvalue weighted by Crippen LogP contribution is 2.22. The van der Waals surface area contributed by atoms with Crippen LogP contribution in [-0.4, -0.2) is 43.1 Å². The van der Waals surface area contributed by atoms with Crippen molar-refractivity contribution >= 4 is 27.7 Å². The Bertz CT molecular complexity index is 466. The number of pyridine rings is 1. The number of amides is 1. The van der Waals surface area contributed by atoms with Gasteiger partial charge < -0.3 is 15.5 Å². The van der Waals surface area contributed by atoms with Gasteiger partial charge in [-0.3, -0.25) is 4.79 Å². The highest BCUT2D eigenvalue weighted by Gasteiger charge is 2.29. The smallest absolute Gasteiger partial charge is 0.244 e. The lowest BCUT2D eigenvalue weighted by Gasteiger charge is -2.36. The minimum Gasteiger partial charge on any atom is -0.355 e. The lowest BCUT2D eigenvalue weighted by molar-refractivity contribution is -0.122. The first-order chi connectivity index (χ1) is 9.13. The van der Waals surface area contributed by atoms with Gasteiger partial charge >= 0.3 is 0 Å². The van der Waals surface area contributed by atoms with E-state index in [-0.39, 0.29) is 11.9 Å². The number of aromatic nitrogens is 1. The number of likely N-dealkylation sites (N-methyl/N-ethyl adjacent to an activating group) is 1. The third-order valence-electron chi connectivity index (χ3n) is 3.22. The van der Waals surface area contributed by atoms with Crippen molar-refractivity contribution in [1.82, 2.24) is 15.6 Å². The molecule has 1 atom stereocenters. The molecule has 2 rings (SSSR count). The number of hydrogen-bond acceptors (Lipinski definition) is 4. The largest absolute Gasteiger partial charge is 0.355 e. The Morgan fingerprint density at radius 1 is 1.68 bits per heavy atom. The Morgan fingerprint density at radius 2 is 2.47 bits per heavy atom. The molecular formula is C13H19BrN4O. The number of carbonyl (C=O) groups excluding carboxylic acids is 1. The molecule has 0 radical (unpaired) electrons. The summed E-state index contributed by atoms with van der Waals surface area (Å²) in [5, 5.41) is 6.14. The first kappa shape index (κ1) is 14.3. The predicted molar refractivity (Wildman–Crippen MR) is 79.4 cm³/mol. The van der Waals surface area contributed by atoms with E-state index in [0.29, 0.717) is 13.1 Å². The van der Waals surface area contributed by atoms with Crippen LogP contribution in [0.3, 0.4) is 0 Å². The van der Waals surface area contributed by atoms with Crippen LogP contribution in [0.4, 0.5) is 5.82 Å². The SMILES string of the molecule is CCNC(=O)C1CNCCN1c1cc(C)c(Br)cn1. The van der Waals surface area contributed by atoms with Crippen molar-refractivity contribution in [2.24, 2.45) is 0 Å². The fourth-order valence-electron chi connectivity index (χ4n) is 2.19. The Morgan fingerprint density at radius 3 is 3.16 bits per heavy atom. The minimum absolute atomic E-state index is 0.0528. The number of anilines is 1. The molecule has 0 aromatic carbocycles. The second kappa shape index (κ2) is 6.34. The van der Waals surface area contributed by atoms with Crippen molar-refractivity contribution in [2.75, 3.05) is 31.1 Å². The zero-order chi connectivity index (χ0) is 13.8. The summed E-state index contributed by atoms with van der Waals surface area (Å²) in [5.41, 5.74) is 1.12. The molecule has 104 valence electrons. The van der Waals surface area contributed by atoms with Crippen LogP contribution < -0.4 is 15.5 Å².